The summed E-state index contributed by atoms with van der Waals surface area (Å²) >= 11 is 1.65. The van der Waals surface area contributed by atoms with Crippen LogP contribution >= 0.6 is 11.3 Å². The Bertz CT molecular complexity index is 1580. The minimum atomic E-state index is -0.622. The van der Waals surface area contributed by atoms with Crippen molar-refractivity contribution in [2.75, 3.05) is 23.3 Å². The van der Waals surface area contributed by atoms with E-state index in [0.29, 0.717) is 17.2 Å². The molecular weight excluding hydrogens is 530 g/mol. The number of pyridine rings is 1. The molecule has 1 aliphatic heterocycles. The number of benzene rings is 2. The smallest absolute Gasteiger partial charge is 0.412 e. The number of carbonyl (C=O) groups excluding carboxylic acids is 2. The van der Waals surface area contributed by atoms with E-state index in [-0.39, 0.29) is 12.2 Å². The third kappa shape index (κ3) is 6.46. The topological polar surface area (TPSA) is 71.5 Å². The largest absolute Gasteiger partial charge is 0.444 e. The lowest BCUT2D eigenvalue weighted by Crippen LogP contribution is -2.30. The zero-order valence-corrected chi connectivity index (χ0v) is 24.9. The Morgan fingerprint density at radius 1 is 1.02 bits per heavy atom. The van der Waals surface area contributed by atoms with Crippen molar-refractivity contribution in [1.82, 2.24) is 4.98 Å². The van der Waals surface area contributed by atoms with Crippen molar-refractivity contribution < 1.29 is 14.3 Å². The van der Waals surface area contributed by atoms with Crippen molar-refractivity contribution in [3.63, 3.8) is 0 Å². The van der Waals surface area contributed by atoms with Gasteiger partial charge in [0.1, 0.15) is 11.4 Å². The van der Waals surface area contributed by atoms with Gasteiger partial charge in [-0.3, -0.25) is 10.1 Å². The standard InChI is InChI=1S/C34H37N3O3S/c1-34(2,3)40-33(39)35-28-13-11-23(30-8-7-17-41-30)18-25(28)21-29(38)26-19-24-12-14-31(37-15-5-4-6-16-37)36-32(24)27(20-26)22-9-10-22/h7-8,11-14,17-20,22H,4-6,9-10,15-16,21H2,1-3H3,(H,35,39). The average molecular weight is 568 g/mol. The first kappa shape index (κ1) is 27.5. The number of Topliss-reactive ketones (excluding diaryl/α,β-unsaturated/α-hetero) is 1. The van der Waals surface area contributed by atoms with Crippen LogP contribution in [0, 0.1) is 0 Å². The first-order valence-corrected chi connectivity index (χ1v) is 15.5. The average Bonchev–Trinajstić information content (AvgIpc) is 3.65. The van der Waals surface area contributed by atoms with Gasteiger partial charge in [0.2, 0.25) is 0 Å². The van der Waals surface area contributed by atoms with Crippen LogP contribution in [0.1, 0.15) is 80.3 Å². The Balaban J connectivity index is 1.32. The highest BCUT2D eigenvalue weighted by Crippen LogP contribution is 2.44. The number of hydrogen-bond donors (Lipinski definition) is 1. The van der Waals surface area contributed by atoms with Gasteiger partial charge in [-0.2, -0.15) is 0 Å². The van der Waals surface area contributed by atoms with E-state index >= 15 is 0 Å². The Morgan fingerprint density at radius 3 is 2.54 bits per heavy atom. The number of aromatic nitrogens is 1. The van der Waals surface area contributed by atoms with Crippen molar-refractivity contribution in [3.8, 4) is 10.4 Å². The maximum atomic E-state index is 13.9. The van der Waals surface area contributed by atoms with Gasteiger partial charge in [0.15, 0.2) is 5.78 Å². The van der Waals surface area contributed by atoms with Crippen LogP contribution < -0.4 is 10.2 Å². The number of amides is 1. The maximum absolute atomic E-state index is 13.9. The van der Waals surface area contributed by atoms with Crippen molar-refractivity contribution in [1.29, 1.82) is 0 Å². The minimum absolute atomic E-state index is 0.0180. The molecule has 2 aromatic carbocycles. The van der Waals surface area contributed by atoms with E-state index < -0.39 is 11.7 Å². The van der Waals surface area contributed by atoms with Crippen molar-refractivity contribution in [3.05, 3.63) is 76.7 Å². The summed E-state index contributed by atoms with van der Waals surface area (Å²) in [6.07, 6.45) is 5.60. The van der Waals surface area contributed by atoms with Crippen LogP contribution in [0.2, 0.25) is 0 Å². The van der Waals surface area contributed by atoms with Crippen molar-refractivity contribution in [2.45, 2.75) is 70.8 Å². The Labute approximate surface area is 245 Å². The normalized spacial score (nSPS) is 15.6. The van der Waals surface area contributed by atoms with E-state index in [0.717, 1.165) is 58.7 Å². The summed E-state index contributed by atoms with van der Waals surface area (Å²) in [6.45, 7) is 7.60. The van der Waals surface area contributed by atoms with Crippen LogP contribution in [0.4, 0.5) is 16.3 Å². The van der Waals surface area contributed by atoms with Crippen LogP contribution in [0.3, 0.4) is 0 Å². The Morgan fingerprint density at radius 2 is 1.83 bits per heavy atom. The summed E-state index contributed by atoms with van der Waals surface area (Å²) in [7, 11) is 0. The highest BCUT2D eigenvalue weighted by atomic mass is 32.1. The minimum Gasteiger partial charge on any atom is -0.444 e. The quantitative estimate of drug-likeness (QED) is 0.226. The van der Waals surface area contributed by atoms with Crippen LogP contribution in [0.5, 0.6) is 0 Å². The summed E-state index contributed by atoms with van der Waals surface area (Å²) < 4.78 is 5.50. The van der Waals surface area contributed by atoms with Gasteiger partial charge in [-0.25, -0.2) is 9.78 Å². The number of anilines is 2. The molecule has 1 saturated carbocycles. The highest BCUT2D eigenvalue weighted by molar-refractivity contribution is 7.13. The van der Waals surface area contributed by atoms with Crippen molar-refractivity contribution >= 4 is 45.6 Å². The number of fused-ring (bicyclic) bond motifs is 1. The molecule has 1 aliphatic carbocycles. The van der Waals surface area contributed by atoms with Gasteiger partial charge in [0.05, 0.1) is 5.52 Å². The molecule has 0 spiro atoms. The van der Waals surface area contributed by atoms with Crippen LogP contribution in [0.25, 0.3) is 21.3 Å². The zero-order chi connectivity index (χ0) is 28.6. The lowest BCUT2D eigenvalue weighted by molar-refractivity contribution is 0.0635. The van der Waals surface area contributed by atoms with Gasteiger partial charge >= 0.3 is 6.09 Å². The number of ether oxygens (including phenoxy) is 1. The molecule has 6 nitrogen and oxygen atoms in total. The molecule has 6 rings (SSSR count). The summed E-state index contributed by atoms with van der Waals surface area (Å²) in [5.74, 6) is 1.52. The number of rotatable bonds is 7. The monoisotopic (exact) mass is 567 g/mol. The molecule has 1 amide bonds. The molecule has 1 saturated heterocycles. The van der Waals surface area contributed by atoms with Crippen molar-refractivity contribution in [2.24, 2.45) is 0 Å². The number of nitrogens with zero attached hydrogens (tertiary/aromatic N) is 2. The number of thiophene rings is 1. The molecule has 1 N–H and O–H groups in total. The molecule has 0 unspecified atom stereocenters. The summed E-state index contributed by atoms with van der Waals surface area (Å²) in [5.41, 5.74) is 4.65. The molecular formula is C34H37N3O3S. The first-order chi connectivity index (χ1) is 19.7. The fraction of sp³-hybridized carbons (Fsp3) is 0.382. The van der Waals surface area contributed by atoms with E-state index in [1.807, 2.05) is 56.5 Å². The molecule has 212 valence electrons. The van der Waals surface area contributed by atoms with Crippen LogP contribution in [-0.4, -0.2) is 35.6 Å². The summed E-state index contributed by atoms with van der Waals surface area (Å²) in [6, 6.07) is 18.2. The fourth-order valence-corrected chi connectivity index (χ4v) is 6.29. The van der Waals surface area contributed by atoms with Crippen LogP contribution in [0.15, 0.2) is 60.0 Å². The second-order valence-corrected chi connectivity index (χ2v) is 13.2. The molecule has 2 aromatic heterocycles. The number of hydrogen-bond acceptors (Lipinski definition) is 6. The lowest BCUT2D eigenvalue weighted by Gasteiger charge is -2.28. The van der Waals surface area contributed by atoms with E-state index in [2.05, 4.69) is 34.5 Å². The third-order valence-electron chi connectivity index (χ3n) is 7.72. The number of ketones is 1. The maximum Gasteiger partial charge on any atom is 0.412 e. The Hall–Kier alpha value is -3.71. The van der Waals surface area contributed by atoms with E-state index in [1.54, 1.807) is 11.3 Å². The predicted molar refractivity (Wildman–Crippen MR) is 167 cm³/mol. The number of carbonyl (C=O) groups is 2. The fourth-order valence-electron chi connectivity index (χ4n) is 5.56. The summed E-state index contributed by atoms with van der Waals surface area (Å²) in [4.78, 5) is 35.1. The van der Waals surface area contributed by atoms with Crippen LogP contribution in [-0.2, 0) is 11.2 Å². The number of nitrogens with one attached hydrogen (secondary N) is 1. The van der Waals surface area contributed by atoms with E-state index in [1.165, 1.54) is 24.8 Å². The Kier molecular flexibility index (Phi) is 7.56. The van der Waals surface area contributed by atoms with Gasteiger partial charge in [0.25, 0.3) is 0 Å². The second-order valence-electron chi connectivity index (χ2n) is 12.2. The van der Waals surface area contributed by atoms with Gasteiger partial charge in [-0.05, 0) is 123 Å². The van der Waals surface area contributed by atoms with Gasteiger partial charge in [-0.1, -0.05) is 12.1 Å². The molecule has 0 bridgehead atoms. The predicted octanol–water partition coefficient (Wildman–Crippen LogP) is 8.60. The molecule has 0 atom stereocenters. The van der Waals surface area contributed by atoms with Gasteiger partial charge < -0.3 is 9.64 Å². The molecule has 2 fully saturated rings. The second kappa shape index (κ2) is 11.3. The first-order valence-electron chi connectivity index (χ1n) is 14.6. The van der Waals surface area contributed by atoms with Gasteiger partial charge in [0, 0.05) is 41.0 Å². The molecule has 2 aliphatic rings. The van der Waals surface area contributed by atoms with Gasteiger partial charge in [-0.15, -0.1) is 11.3 Å². The van der Waals surface area contributed by atoms with E-state index in [4.69, 9.17) is 9.72 Å². The highest BCUT2D eigenvalue weighted by Gasteiger charge is 2.28. The summed E-state index contributed by atoms with van der Waals surface area (Å²) in [5, 5.41) is 5.92. The number of piperidine rings is 1. The third-order valence-corrected chi connectivity index (χ3v) is 8.64. The lowest BCUT2D eigenvalue weighted by atomic mass is 9.95. The molecule has 3 heterocycles. The molecule has 7 heteroatoms. The zero-order valence-electron chi connectivity index (χ0n) is 24.0. The van der Waals surface area contributed by atoms with E-state index in [9.17, 15) is 9.59 Å². The molecule has 41 heavy (non-hydrogen) atoms. The SMILES string of the molecule is CC(C)(C)OC(=O)Nc1ccc(-c2cccs2)cc1CC(=O)c1cc(C2CC2)c2nc(N3CCCCC3)ccc2c1. The molecule has 0 radical (unpaired) electrons. The molecule has 4 aromatic rings.